The van der Waals surface area contributed by atoms with Gasteiger partial charge in [-0.05, 0) is 67.5 Å². The summed E-state index contributed by atoms with van der Waals surface area (Å²) in [6, 6.07) is 24.6. The molecule has 37 heavy (non-hydrogen) atoms. The number of hydrogen-bond acceptors (Lipinski definition) is 1. The monoisotopic (exact) mass is 507 g/mol. The zero-order valence-corrected chi connectivity index (χ0v) is 22.0. The molecule has 3 heterocycles. The molecule has 0 aliphatic carbocycles. The van der Waals surface area contributed by atoms with Crippen molar-refractivity contribution in [3.63, 3.8) is 0 Å². The second-order valence-electron chi connectivity index (χ2n) is 9.90. The minimum atomic E-state index is -0.133. The number of amides is 1. The summed E-state index contributed by atoms with van der Waals surface area (Å²) < 4.78 is 4.53. The highest BCUT2D eigenvalue weighted by molar-refractivity contribution is 6.31. The Morgan fingerprint density at radius 2 is 1.73 bits per heavy atom. The van der Waals surface area contributed by atoms with Crippen molar-refractivity contribution < 1.29 is 4.79 Å². The number of aryl methyl sites for hydroxylation is 4. The van der Waals surface area contributed by atoms with Crippen LogP contribution in [0.25, 0.3) is 28.0 Å². The number of nitrogens with one attached hydrogen (secondary N) is 1. The molecule has 1 amide bonds. The molecule has 3 aromatic carbocycles. The summed E-state index contributed by atoms with van der Waals surface area (Å²) in [6.45, 7) is 5.20. The van der Waals surface area contributed by atoms with E-state index in [4.69, 9.17) is 11.6 Å². The second-order valence-corrected chi connectivity index (χ2v) is 10.3. The Hall–Kier alpha value is -3.76. The first-order valence-corrected chi connectivity index (χ1v) is 13.4. The fraction of sp³-hybridized carbons (Fsp3) is 0.219. The van der Waals surface area contributed by atoms with Crippen molar-refractivity contribution in [2.75, 3.05) is 5.32 Å². The molecule has 6 rings (SSSR count). The third kappa shape index (κ3) is 4.25. The van der Waals surface area contributed by atoms with Gasteiger partial charge in [0.1, 0.15) is 11.3 Å². The molecule has 1 aliphatic heterocycles. The zero-order chi connectivity index (χ0) is 25.5. The first kappa shape index (κ1) is 23.6. The minimum Gasteiger partial charge on any atom is -0.325 e. The average molecular weight is 508 g/mol. The maximum Gasteiger partial charge on any atom is 0.273 e. The standard InChI is InChI=1S/C32H30ClN3O/c1-3-22-12-16-24(17-13-22)29-27-9-4-5-18-35-28(23-14-10-21(2)11-15-23)20-36(32(27)35)30(29)31(37)34-26-8-6-7-25(33)19-26/h6-8,10-17,19-20H,3-5,9,18H2,1-2H3,(H,34,37). The molecule has 2 aromatic heterocycles. The lowest BCUT2D eigenvalue weighted by Gasteiger charge is -2.11. The highest BCUT2D eigenvalue weighted by Crippen LogP contribution is 2.40. The minimum absolute atomic E-state index is 0.133. The van der Waals surface area contributed by atoms with E-state index in [-0.39, 0.29) is 5.91 Å². The predicted octanol–water partition coefficient (Wildman–Crippen LogP) is 8.19. The smallest absolute Gasteiger partial charge is 0.273 e. The molecule has 186 valence electrons. The van der Waals surface area contributed by atoms with Gasteiger partial charge in [0.2, 0.25) is 0 Å². The van der Waals surface area contributed by atoms with Crippen LogP contribution in [-0.2, 0) is 19.4 Å². The van der Waals surface area contributed by atoms with Crippen molar-refractivity contribution in [1.29, 1.82) is 0 Å². The molecule has 0 unspecified atom stereocenters. The molecule has 5 heteroatoms. The highest BCUT2D eigenvalue weighted by Gasteiger charge is 2.29. The second kappa shape index (κ2) is 9.60. The van der Waals surface area contributed by atoms with Crippen LogP contribution in [0.4, 0.5) is 5.69 Å². The Balaban J connectivity index is 1.60. The van der Waals surface area contributed by atoms with Crippen molar-refractivity contribution in [3.05, 3.63) is 106 Å². The highest BCUT2D eigenvalue weighted by atomic mass is 35.5. The maximum absolute atomic E-state index is 14.0. The van der Waals surface area contributed by atoms with E-state index in [0.29, 0.717) is 16.4 Å². The lowest BCUT2D eigenvalue weighted by Crippen LogP contribution is -2.15. The Labute approximate surface area is 222 Å². The Morgan fingerprint density at radius 1 is 0.973 bits per heavy atom. The van der Waals surface area contributed by atoms with Gasteiger partial charge in [0.25, 0.3) is 5.91 Å². The third-order valence-corrected chi connectivity index (χ3v) is 7.66. The number of carbonyl (C=O) groups excluding carboxylic acids is 1. The van der Waals surface area contributed by atoms with Crippen molar-refractivity contribution in [1.82, 2.24) is 8.97 Å². The number of carbonyl (C=O) groups is 1. The van der Waals surface area contributed by atoms with Crippen molar-refractivity contribution in [2.24, 2.45) is 0 Å². The van der Waals surface area contributed by atoms with Gasteiger partial charge in [0.15, 0.2) is 0 Å². The Bertz CT molecular complexity index is 1610. The van der Waals surface area contributed by atoms with Gasteiger partial charge in [-0.25, -0.2) is 0 Å². The summed E-state index contributed by atoms with van der Waals surface area (Å²) in [7, 11) is 0. The molecule has 0 radical (unpaired) electrons. The van der Waals surface area contributed by atoms with Gasteiger partial charge in [0.05, 0.1) is 5.69 Å². The van der Waals surface area contributed by atoms with Crippen LogP contribution in [-0.4, -0.2) is 14.9 Å². The average Bonchev–Trinajstić information content (AvgIpc) is 3.32. The molecule has 0 fully saturated rings. The van der Waals surface area contributed by atoms with E-state index in [9.17, 15) is 4.79 Å². The Kier molecular flexibility index (Phi) is 6.13. The molecule has 0 atom stereocenters. The van der Waals surface area contributed by atoms with Gasteiger partial charge in [-0.2, -0.15) is 0 Å². The maximum atomic E-state index is 14.0. The number of aromatic nitrogens is 2. The van der Waals surface area contributed by atoms with E-state index >= 15 is 0 Å². The largest absolute Gasteiger partial charge is 0.325 e. The van der Waals surface area contributed by atoms with Crippen LogP contribution in [0.3, 0.4) is 0 Å². The molecule has 1 aliphatic rings. The lowest BCUT2D eigenvalue weighted by molar-refractivity contribution is 0.102. The van der Waals surface area contributed by atoms with Crippen molar-refractivity contribution in [2.45, 2.75) is 46.1 Å². The molecule has 0 spiro atoms. The normalized spacial score (nSPS) is 13.1. The first-order chi connectivity index (χ1) is 18.0. The number of hydrogen-bond donors (Lipinski definition) is 1. The van der Waals surface area contributed by atoms with E-state index in [1.54, 1.807) is 6.07 Å². The van der Waals surface area contributed by atoms with Crippen molar-refractivity contribution >= 4 is 28.8 Å². The van der Waals surface area contributed by atoms with Crippen LogP contribution in [0.1, 0.15) is 46.9 Å². The fourth-order valence-electron chi connectivity index (χ4n) is 5.54. The number of benzene rings is 3. The van der Waals surface area contributed by atoms with Gasteiger partial charge in [0, 0.05) is 34.6 Å². The summed E-state index contributed by atoms with van der Waals surface area (Å²) in [5.74, 6) is -0.133. The molecule has 0 saturated heterocycles. The number of halogens is 1. The molecule has 0 bridgehead atoms. The van der Waals surface area contributed by atoms with E-state index < -0.39 is 0 Å². The zero-order valence-electron chi connectivity index (χ0n) is 21.2. The molecule has 4 nitrogen and oxygen atoms in total. The third-order valence-electron chi connectivity index (χ3n) is 7.43. The quantitative estimate of drug-likeness (QED) is 0.256. The number of imidazole rings is 1. The molecule has 5 aromatic rings. The van der Waals surface area contributed by atoms with Gasteiger partial charge in [-0.15, -0.1) is 0 Å². The molecular formula is C32H30ClN3O. The molecular weight excluding hydrogens is 478 g/mol. The van der Waals surface area contributed by atoms with Crippen LogP contribution in [0, 0.1) is 6.92 Å². The SMILES string of the molecule is CCc1ccc(-c2c3c4n(c(-c5ccc(C)cc5)cn4c2C(=O)Nc2cccc(Cl)c2)CCCC3)cc1. The summed E-state index contributed by atoms with van der Waals surface area (Å²) in [5.41, 5.74) is 10.7. The van der Waals surface area contributed by atoms with Crippen LogP contribution >= 0.6 is 11.6 Å². The topological polar surface area (TPSA) is 38.4 Å². The van der Waals surface area contributed by atoms with E-state index in [0.717, 1.165) is 60.3 Å². The molecule has 0 saturated carbocycles. The van der Waals surface area contributed by atoms with Crippen LogP contribution in [0.5, 0.6) is 0 Å². The van der Waals surface area contributed by atoms with E-state index in [1.807, 2.05) is 18.2 Å². The van der Waals surface area contributed by atoms with Gasteiger partial charge < -0.3 is 9.88 Å². The molecule has 1 N–H and O–H groups in total. The predicted molar refractivity (Wildman–Crippen MR) is 153 cm³/mol. The number of rotatable bonds is 5. The van der Waals surface area contributed by atoms with E-state index in [2.05, 4.69) is 82.9 Å². The van der Waals surface area contributed by atoms with Crippen molar-refractivity contribution in [3.8, 4) is 22.4 Å². The summed E-state index contributed by atoms with van der Waals surface area (Å²) in [5, 5.41) is 3.71. The number of anilines is 1. The summed E-state index contributed by atoms with van der Waals surface area (Å²) >= 11 is 6.22. The summed E-state index contributed by atoms with van der Waals surface area (Å²) in [4.78, 5) is 14.0. The van der Waals surface area contributed by atoms with E-state index in [1.165, 1.54) is 16.7 Å². The lowest BCUT2D eigenvalue weighted by atomic mass is 9.96. The van der Waals surface area contributed by atoms with Gasteiger partial charge in [-0.1, -0.05) is 78.7 Å². The van der Waals surface area contributed by atoms with Gasteiger partial charge in [-0.3, -0.25) is 9.20 Å². The van der Waals surface area contributed by atoms with Crippen LogP contribution in [0.15, 0.2) is 79.0 Å². The first-order valence-electron chi connectivity index (χ1n) is 13.0. The van der Waals surface area contributed by atoms with Crippen LogP contribution < -0.4 is 5.32 Å². The number of nitrogens with zero attached hydrogens (tertiary/aromatic N) is 2. The van der Waals surface area contributed by atoms with Gasteiger partial charge >= 0.3 is 0 Å². The Morgan fingerprint density at radius 3 is 2.46 bits per heavy atom. The summed E-state index contributed by atoms with van der Waals surface area (Å²) in [6.07, 6.45) is 6.26. The van der Waals surface area contributed by atoms with Crippen LogP contribution in [0.2, 0.25) is 5.02 Å². The fourth-order valence-corrected chi connectivity index (χ4v) is 5.73.